The summed E-state index contributed by atoms with van der Waals surface area (Å²) in [6, 6.07) is 18.9. The number of anilines is 2. The minimum Gasteiger partial charge on any atom is -0.495 e. The number of hydrogen-bond donors (Lipinski definition) is 2. The molecular weight excluding hydrogens is 502 g/mol. The third-order valence-corrected chi connectivity index (χ3v) is 7.37. The Balaban J connectivity index is 1.36. The number of urea groups is 1. The molecule has 8 heteroatoms. The van der Waals surface area contributed by atoms with E-state index in [0.29, 0.717) is 28.8 Å². The number of fused-ring (bicyclic) bond motifs is 1. The Hall–Kier alpha value is -4.17. The highest BCUT2D eigenvalue weighted by Gasteiger charge is 2.22. The summed E-state index contributed by atoms with van der Waals surface area (Å²) in [7, 11) is 1.59. The van der Waals surface area contributed by atoms with Gasteiger partial charge in [0.15, 0.2) is 0 Å². The molecule has 1 aromatic heterocycles. The van der Waals surface area contributed by atoms with Crippen LogP contribution in [0.25, 0.3) is 10.8 Å². The Labute approximate surface area is 235 Å². The standard InChI is InChI=1S/C32H37N5O3/c1-21(37-18-8-9-19-37)30-33-17-16-29(36-30)40-27-15-13-25(23-10-6-7-11-24(23)27)34-31(38)35-26-20-22(32(2,3)4)12-14-28(26)39-5/h6-7,10-17,20-21H,8-9,18-19H2,1-5H3,(H2,34,35,38). The van der Waals surface area contributed by atoms with Crippen LogP contribution >= 0.6 is 0 Å². The molecule has 0 bridgehead atoms. The second-order valence-electron chi connectivity index (χ2n) is 11.2. The van der Waals surface area contributed by atoms with Crippen molar-refractivity contribution in [2.75, 3.05) is 30.8 Å². The first kappa shape index (κ1) is 27.4. The third-order valence-electron chi connectivity index (χ3n) is 7.37. The molecular formula is C32H37N5O3. The molecule has 4 aromatic rings. The van der Waals surface area contributed by atoms with Gasteiger partial charge in [-0.25, -0.2) is 9.78 Å². The second-order valence-corrected chi connectivity index (χ2v) is 11.2. The number of aromatic nitrogens is 2. The van der Waals surface area contributed by atoms with Gasteiger partial charge in [0.25, 0.3) is 0 Å². The maximum atomic E-state index is 13.1. The van der Waals surface area contributed by atoms with E-state index in [1.54, 1.807) is 19.4 Å². The molecule has 0 spiro atoms. The number of benzene rings is 3. The number of ether oxygens (including phenoxy) is 2. The van der Waals surface area contributed by atoms with E-state index in [0.717, 1.165) is 35.2 Å². The molecule has 2 amide bonds. The fraction of sp³-hybridized carbons (Fsp3) is 0.344. The zero-order chi connectivity index (χ0) is 28.3. The molecule has 8 nitrogen and oxygen atoms in total. The average Bonchev–Trinajstić information content (AvgIpc) is 3.49. The van der Waals surface area contributed by atoms with Crippen molar-refractivity contribution in [3.8, 4) is 17.4 Å². The van der Waals surface area contributed by atoms with Crippen LogP contribution in [-0.4, -0.2) is 41.1 Å². The van der Waals surface area contributed by atoms with Crippen molar-refractivity contribution in [3.05, 3.63) is 78.2 Å². The topological polar surface area (TPSA) is 88.6 Å². The maximum absolute atomic E-state index is 13.1. The quantitative estimate of drug-likeness (QED) is 0.252. The van der Waals surface area contributed by atoms with E-state index >= 15 is 0 Å². The minimum absolute atomic E-state index is 0.0676. The molecule has 1 aliphatic rings. The normalized spacial score (nSPS) is 14.6. The maximum Gasteiger partial charge on any atom is 0.323 e. The Morgan fingerprint density at radius 2 is 1.62 bits per heavy atom. The number of nitrogens with zero attached hydrogens (tertiary/aromatic N) is 3. The Bertz CT molecular complexity index is 1510. The first-order valence-corrected chi connectivity index (χ1v) is 13.8. The van der Waals surface area contributed by atoms with Crippen molar-refractivity contribution < 1.29 is 14.3 Å². The van der Waals surface area contributed by atoms with Gasteiger partial charge >= 0.3 is 6.03 Å². The minimum atomic E-state index is -0.362. The van der Waals surface area contributed by atoms with Crippen LogP contribution in [0.5, 0.6) is 17.4 Å². The van der Waals surface area contributed by atoms with E-state index in [9.17, 15) is 4.79 Å². The monoisotopic (exact) mass is 539 g/mol. The lowest BCUT2D eigenvalue weighted by Crippen LogP contribution is -2.24. The van der Waals surface area contributed by atoms with Gasteiger partial charge in [0.1, 0.15) is 17.3 Å². The average molecular weight is 540 g/mol. The van der Waals surface area contributed by atoms with E-state index in [2.05, 4.69) is 48.2 Å². The van der Waals surface area contributed by atoms with Gasteiger partial charge in [-0.05, 0) is 68.1 Å². The molecule has 1 atom stereocenters. The summed E-state index contributed by atoms with van der Waals surface area (Å²) in [5, 5.41) is 7.66. The number of rotatable bonds is 7. The van der Waals surface area contributed by atoms with Gasteiger partial charge in [-0.15, -0.1) is 0 Å². The Kier molecular flexibility index (Phi) is 7.89. The van der Waals surface area contributed by atoms with Gasteiger partial charge in [-0.2, -0.15) is 4.98 Å². The largest absolute Gasteiger partial charge is 0.495 e. The molecule has 0 radical (unpaired) electrons. The van der Waals surface area contributed by atoms with Crippen molar-refractivity contribution in [1.82, 2.24) is 14.9 Å². The summed E-state index contributed by atoms with van der Waals surface area (Å²) < 4.78 is 11.7. The highest BCUT2D eigenvalue weighted by atomic mass is 16.5. The third kappa shape index (κ3) is 6.02. The summed E-state index contributed by atoms with van der Waals surface area (Å²) in [6.45, 7) is 10.7. The highest BCUT2D eigenvalue weighted by molar-refractivity contribution is 6.08. The summed E-state index contributed by atoms with van der Waals surface area (Å²) in [6.07, 6.45) is 4.17. The second kappa shape index (κ2) is 11.5. The Morgan fingerprint density at radius 1 is 0.925 bits per heavy atom. The van der Waals surface area contributed by atoms with Crippen LogP contribution in [0.2, 0.25) is 0 Å². The lowest BCUT2D eigenvalue weighted by molar-refractivity contribution is 0.252. The summed E-state index contributed by atoms with van der Waals surface area (Å²) >= 11 is 0. The summed E-state index contributed by atoms with van der Waals surface area (Å²) in [4.78, 5) is 24.7. The molecule has 1 fully saturated rings. The van der Waals surface area contributed by atoms with E-state index in [1.165, 1.54) is 12.8 Å². The van der Waals surface area contributed by atoms with Gasteiger partial charge in [-0.1, -0.05) is 51.1 Å². The van der Waals surface area contributed by atoms with Crippen LogP contribution in [0.4, 0.5) is 16.2 Å². The Morgan fingerprint density at radius 3 is 2.35 bits per heavy atom. The van der Waals surface area contributed by atoms with Crippen LogP contribution in [0, 0.1) is 0 Å². The fourth-order valence-electron chi connectivity index (χ4n) is 5.04. The van der Waals surface area contributed by atoms with E-state index in [-0.39, 0.29) is 17.5 Å². The van der Waals surface area contributed by atoms with E-state index < -0.39 is 0 Å². The lowest BCUT2D eigenvalue weighted by atomic mass is 9.87. The zero-order valence-corrected chi connectivity index (χ0v) is 23.8. The van der Waals surface area contributed by atoms with Crippen molar-refractivity contribution >= 4 is 28.2 Å². The SMILES string of the molecule is COc1ccc(C(C)(C)C)cc1NC(=O)Nc1ccc(Oc2ccnc(C(C)N3CCCC3)n2)c2ccccc12. The van der Waals surface area contributed by atoms with Crippen molar-refractivity contribution in [3.63, 3.8) is 0 Å². The lowest BCUT2D eigenvalue weighted by Gasteiger charge is -2.22. The molecule has 3 aromatic carbocycles. The molecule has 5 rings (SSSR count). The predicted octanol–water partition coefficient (Wildman–Crippen LogP) is 7.53. The number of carbonyl (C=O) groups is 1. The van der Waals surface area contributed by atoms with Gasteiger partial charge in [0.05, 0.1) is 24.5 Å². The molecule has 2 N–H and O–H groups in total. The van der Waals surface area contributed by atoms with Crippen LogP contribution in [0.3, 0.4) is 0 Å². The van der Waals surface area contributed by atoms with Gasteiger partial charge in [0, 0.05) is 23.0 Å². The van der Waals surface area contributed by atoms with Crippen molar-refractivity contribution in [2.45, 2.75) is 52.0 Å². The molecule has 0 aliphatic carbocycles. The van der Waals surface area contributed by atoms with Crippen molar-refractivity contribution in [1.29, 1.82) is 0 Å². The first-order valence-electron chi connectivity index (χ1n) is 13.8. The van der Waals surface area contributed by atoms with Crippen molar-refractivity contribution in [2.24, 2.45) is 0 Å². The predicted molar refractivity (Wildman–Crippen MR) is 160 cm³/mol. The molecule has 1 saturated heterocycles. The number of nitrogens with one attached hydrogen (secondary N) is 2. The number of hydrogen-bond acceptors (Lipinski definition) is 6. The molecule has 1 aliphatic heterocycles. The number of carbonyl (C=O) groups excluding carboxylic acids is 1. The van der Waals surface area contributed by atoms with E-state index in [4.69, 9.17) is 14.5 Å². The smallest absolute Gasteiger partial charge is 0.323 e. The summed E-state index contributed by atoms with van der Waals surface area (Å²) in [5.74, 6) is 2.50. The molecule has 2 heterocycles. The van der Waals surface area contributed by atoms with Gasteiger partial charge in [0.2, 0.25) is 5.88 Å². The first-order chi connectivity index (χ1) is 19.2. The number of likely N-dealkylation sites (tertiary alicyclic amines) is 1. The number of amides is 2. The molecule has 1 unspecified atom stereocenters. The molecule has 208 valence electrons. The highest BCUT2D eigenvalue weighted by Crippen LogP contribution is 2.35. The van der Waals surface area contributed by atoms with Gasteiger partial charge in [-0.3, -0.25) is 4.90 Å². The summed E-state index contributed by atoms with van der Waals surface area (Å²) in [5.41, 5.74) is 2.30. The van der Waals surface area contributed by atoms with Crippen LogP contribution in [0.15, 0.2) is 66.9 Å². The van der Waals surface area contributed by atoms with E-state index in [1.807, 2.05) is 54.6 Å². The zero-order valence-electron chi connectivity index (χ0n) is 23.8. The van der Waals surface area contributed by atoms with Crippen LogP contribution in [0.1, 0.15) is 58.0 Å². The number of methoxy groups -OCH3 is 1. The van der Waals surface area contributed by atoms with Crippen LogP contribution < -0.4 is 20.1 Å². The fourth-order valence-corrected chi connectivity index (χ4v) is 5.04. The van der Waals surface area contributed by atoms with Gasteiger partial charge < -0.3 is 20.1 Å². The molecule has 40 heavy (non-hydrogen) atoms. The molecule has 0 saturated carbocycles. The van der Waals surface area contributed by atoms with Crippen LogP contribution in [-0.2, 0) is 5.41 Å².